The topological polar surface area (TPSA) is 36.9 Å². The molecule has 0 unspecified atom stereocenters. The second kappa shape index (κ2) is 8.48. The van der Waals surface area contributed by atoms with Gasteiger partial charge in [-0.3, -0.25) is 0 Å². The summed E-state index contributed by atoms with van der Waals surface area (Å²) in [4.78, 5) is 23.4. The fourth-order valence-corrected chi connectivity index (χ4v) is 3.15. The van der Waals surface area contributed by atoms with E-state index in [1.165, 1.54) is 0 Å². The lowest BCUT2D eigenvalue weighted by Crippen LogP contribution is -2.45. The van der Waals surface area contributed by atoms with Crippen LogP contribution in [0.4, 0.5) is 0 Å². The molecule has 0 N–H and O–H groups in total. The monoisotopic (exact) mass is 344 g/mol. The highest BCUT2D eigenvalue weighted by atomic mass is 17.3. The summed E-state index contributed by atoms with van der Waals surface area (Å²) in [5, 5.41) is 0. The van der Waals surface area contributed by atoms with Gasteiger partial charge in [0.25, 0.3) is 0 Å². The first kappa shape index (κ1) is 21.9. The van der Waals surface area contributed by atoms with Crippen molar-refractivity contribution in [3.05, 3.63) is 0 Å². The van der Waals surface area contributed by atoms with E-state index in [0.29, 0.717) is 5.41 Å². The summed E-state index contributed by atoms with van der Waals surface area (Å²) < 4.78 is 0. The summed E-state index contributed by atoms with van der Waals surface area (Å²) in [7, 11) is 0. The molecule has 0 amide bonds. The Morgan fingerprint density at radius 1 is 0.708 bits per heavy atom. The van der Waals surface area contributed by atoms with Crippen LogP contribution in [0.5, 0.6) is 0 Å². The first-order valence-electron chi connectivity index (χ1n) is 9.69. The van der Waals surface area contributed by atoms with Gasteiger partial charge in [0.2, 0.25) is 5.79 Å². The van der Waals surface area contributed by atoms with Gasteiger partial charge in [0, 0.05) is 12.8 Å². The molecule has 0 aromatic rings. The van der Waals surface area contributed by atoms with Gasteiger partial charge >= 0.3 is 0 Å². The van der Waals surface area contributed by atoms with Gasteiger partial charge in [0.05, 0.1) is 11.2 Å². The minimum absolute atomic E-state index is 0.314. The van der Waals surface area contributed by atoms with Gasteiger partial charge in [-0.05, 0) is 58.8 Å². The maximum absolute atomic E-state index is 5.91. The van der Waals surface area contributed by atoms with Crippen LogP contribution in [0.25, 0.3) is 0 Å². The Morgan fingerprint density at radius 3 is 1.42 bits per heavy atom. The van der Waals surface area contributed by atoms with E-state index in [4.69, 9.17) is 19.6 Å². The largest absolute Gasteiger partial charge is 0.234 e. The summed E-state index contributed by atoms with van der Waals surface area (Å²) in [6.45, 7) is 17.1. The number of rotatable bonds is 10. The molecule has 0 atom stereocenters. The molecule has 0 bridgehead atoms. The normalized spacial score (nSPS) is 21.0. The molecule has 24 heavy (non-hydrogen) atoms. The molecule has 4 nitrogen and oxygen atoms in total. The van der Waals surface area contributed by atoms with Crippen molar-refractivity contribution < 1.29 is 19.6 Å². The van der Waals surface area contributed by atoms with Crippen LogP contribution in [0.3, 0.4) is 0 Å². The Kier molecular flexibility index (Phi) is 7.73. The molecular weight excluding hydrogens is 304 g/mol. The Hall–Kier alpha value is -0.160. The molecular formula is C20H40O4. The van der Waals surface area contributed by atoms with E-state index < -0.39 is 5.79 Å². The zero-order chi connectivity index (χ0) is 18.5. The van der Waals surface area contributed by atoms with Gasteiger partial charge < -0.3 is 0 Å². The fourth-order valence-electron chi connectivity index (χ4n) is 3.15. The minimum atomic E-state index is -0.800. The van der Waals surface area contributed by atoms with Gasteiger partial charge in [0.1, 0.15) is 0 Å². The van der Waals surface area contributed by atoms with Crippen LogP contribution in [0.1, 0.15) is 107 Å². The van der Waals surface area contributed by atoms with Crippen LogP contribution in [0.15, 0.2) is 0 Å². The van der Waals surface area contributed by atoms with Crippen molar-refractivity contribution in [3.63, 3.8) is 0 Å². The van der Waals surface area contributed by atoms with Crippen LogP contribution in [-0.2, 0) is 19.6 Å². The summed E-state index contributed by atoms with van der Waals surface area (Å²) in [6.07, 6.45) is 7.61. The predicted octanol–water partition coefficient (Wildman–Crippen LogP) is 6.34. The van der Waals surface area contributed by atoms with E-state index in [-0.39, 0.29) is 11.2 Å². The van der Waals surface area contributed by atoms with Gasteiger partial charge in [0.15, 0.2) is 0 Å². The Balaban J connectivity index is 2.74. The zero-order valence-corrected chi connectivity index (χ0v) is 17.3. The van der Waals surface area contributed by atoms with E-state index in [1.807, 2.05) is 0 Å². The third-order valence-corrected chi connectivity index (χ3v) is 4.91. The first-order chi connectivity index (χ1) is 10.9. The quantitative estimate of drug-likeness (QED) is 0.263. The molecule has 4 heteroatoms. The first-order valence-corrected chi connectivity index (χ1v) is 9.69. The molecule has 0 aliphatic heterocycles. The molecule has 0 saturated heterocycles. The smallest absolute Gasteiger partial charge is 0.228 e. The van der Waals surface area contributed by atoms with Gasteiger partial charge in [-0.2, -0.15) is 9.78 Å². The van der Waals surface area contributed by atoms with Crippen molar-refractivity contribution in [1.29, 1.82) is 0 Å². The van der Waals surface area contributed by atoms with Gasteiger partial charge in [-0.25, -0.2) is 9.78 Å². The van der Waals surface area contributed by atoms with Crippen LogP contribution in [0.2, 0.25) is 0 Å². The van der Waals surface area contributed by atoms with Crippen molar-refractivity contribution in [1.82, 2.24) is 0 Å². The third-order valence-electron chi connectivity index (χ3n) is 4.91. The minimum Gasteiger partial charge on any atom is -0.228 e. The van der Waals surface area contributed by atoms with Crippen molar-refractivity contribution in [2.24, 2.45) is 5.41 Å². The van der Waals surface area contributed by atoms with E-state index in [1.54, 1.807) is 0 Å². The Bertz CT molecular complexity index is 340. The maximum atomic E-state index is 5.91. The molecule has 0 radical (unpaired) electrons. The molecule has 1 rings (SSSR count). The molecule has 0 aromatic heterocycles. The second-order valence-corrected chi connectivity index (χ2v) is 9.43. The van der Waals surface area contributed by atoms with Crippen LogP contribution < -0.4 is 0 Å². The number of hydrogen-bond donors (Lipinski definition) is 0. The van der Waals surface area contributed by atoms with Gasteiger partial charge in [-0.1, -0.05) is 40.5 Å². The molecule has 0 aromatic carbocycles. The highest BCUT2D eigenvalue weighted by Gasteiger charge is 2.45. The Morgan fingerprint density at radius 2 is 1.08 bits per heavy atom. The lowest BCUT2D eigenvalue weighted by molar-refractivity contribution is -0.549. The maximum Gasteiger partial charge on any atom is 0.234 e. The van der Waals surface area contributed by atoms with E-state index in [0.717, 1.165) is 51.4 Å². The van der Waals surface area contributed by atoms with Crippen molar-refractivity contribution >= 4 is 0 Å². The zero-order valence-electron chi connectivity index (χ0n) is 17.3. The van der Waals surface area contributed by atoms with E-state index in [9.17, 15) is 0 Å². The summed E-state index contributed by atoms with van der Waals surface area (Å²) in [6, 6.07) is 0. The highest BCUT2D eigenvalue weighted by molar-refractivity contribution is 4.84. The number of hydrogen-bond acceptors (Lipinski definition) is 4. The summed E-state index contributed by atoms with van der Waals surface area (Å²) >= 11 is 0. The lowest BCUT2D eigenvalue weighted by atomic mass is 9.75. The molecule has 1 aliphatic rings. The highest BCUT2D eigenvalue weighted by Crippen LogP contribution is 2.44. The molecule has 1 saturated carbocycles. The second-order valence-electron chi connectivity index (χ2n) is 9.43. The van der Waals surface area contributed by atoms with Gasteiger partial charge in [-0.15, -0.1) is 0 Å². The standard InChI is InChI=1S/C20H40O4/c1-9-11-18(5,6)21-23-20(15-13-17(3,4)14-16-20)24-22-19(7,8)12-10-2/h9-16H2,1-8H3. The van der Waals surface area contributed by atoms with E-state index in [2.05, 4.69) is 55.4 Å². The average Bonchev–Trinajstić information content (AvgIpc) is 2.46. The predicted molar refractivity (Wildman–Crippen MR) is 97.3 cm³/mol. The lowest BCUT2D eigenvalue weighted by Gasteiger charge is -2.43. The van der Waals surface area contributed by atoms with Crippen LogP contribution >= 0.6 is 0 Å². The Labute approximate surface area is 149 Å². The summed E-state index contributed by atoms with van der Waals surface area (Å²) in [5.74, 6) is -0.800. The molecule has 144 valence electrons. The SMILES string of the molecule is CCCC(C)(C)OOC1(OOC(C)(C)CCC)CCC(C)(C)CC1. The average molecular weight is 345 g/mol. The summed E-state index contributed by atoms with van der Waals surface area (Å²) in [5.41, 5.74) is -0.331. The van der Waals surface area contributed by atoms with Crippen molar-refractivity contribution in [2.75, 3.05) is 0 Å². The molecule has 1 aliphatic carbocycles. The molecule has 1 fully saturated rings. The fraction of sp³-hybridized carbons (Fsp3) is 1.00. The van der Waals surface area contributed by atoms with Crippen molar-refractivity contribution in [2.45, 2.75) is 124 Å². The molecule has 0 heterocycles. The van der Waals surface area contributed by atoms with Crippen molar-refractivity contribution in [3.8, 4) is 0 Å². The third kappa shape index (κ3) is 7.38. The van der Waals surface area contributed by atoms with Crippen LogP contribution in [-0.4, -0.2) is 17.0 Å². The van der Waals surface area contributed by atoms with E-state index >= 15 is 0 Å². The molecule has 0 spiro atoms. The van der Waals surface area contributed by atoms with Crippen LogP contribution in [0, 0.1) is 5.41 Å².